The van der Waals surface area contributed by atoms with Crippen molar-refractivity contribution in [1.82, 2.24) is 9.97 Å². The number of hydrogen-bond donors (Lipinski definition) is 0. The lowest BCUT2D eigenvalue weighted by molar-refractivity contribution is 0.0728. The first-order valence-corrected chi connectivity index (χ1v) is 15.7. The maximum absolute atomic E-state index is 12.6. The highest BCUT2D eigenvalue weighted by atomic mass is 16.5. The van der Waals surface area contributed by atoms with Crippen LogP contribution in [0.4, 0.5) is 0 Å². The highest BCUT2D eigenvalue weighted by molar-refractivity contribution is 5.88. The summed E-state index contributed by atoms with van der Waals surface area (Å²) < 4.78 is 17.2. The molecule has 0 aliphatic carbocycles. The van der Waals surface area contributed by atoms with Crippen molar-refractivity contribution in [2.75, 3.05) is 13.2 Å². The van der Waals surface area contributed by atoms with Crippen molar-refractivity contribution in [2.24, 2.45) is 0 Å². The number of rotatable bonds is 21. The van der Waals surface area contributed by atoms with Gasteiger partial charge in [0.05, 0.1) is 31.3 Å². The summed E-state index contributed by atoms with van der Waals surface area (Å²) in [6.45, 7) is 5.91. The molecule has 1 heterocycles. The minimum absolute atomic E-state index is 0.155. The van der Waals surface area contributed by atoms with Crippen LogP contribution in [0, 0.1) is 0 Å². The van der Waals surface area contributed by atoms with Crippen LogP contribution >= 0.6 is 0 Å². The number of benzene rings is 2. The van der Waals surface area contributed by atoms with Gasteiger partial charge in [-0.05, 0) is 61.4 Å². The highest BCUT2D eigenvalue weighted by Crippen LogP contribution is 2.22. The number of nitrogens with zero attached hydrogens (tertiary/aromatic N) is 2. The molecule has 6 nitrogen and oxygen atoms in total. The van der Waals surface area contributed by atoms with Crippen LogP contribution in [0.2, 0.25) is 0 Å². The number of unbranched alkanes of at least 4 members (excludes halogenated alkanes) is 12. The smallest absolute Gasteiger partial charge is 0.363 e. The Morgan fingerprint density at radius 3 is 1.51 bits per heavy atom. The van der Waals surface area contributed by atoms with Gasteiger partial charge in [0.25, 0.3) is 0 Å². The van der Waals surface area contributed by atoms with Crippen molar-refractivity contribution >= 4 is 5.97 Å². The van der Waals surface area contributed by atoms with Crippen molar-refractivity contribution < 1.29 is 19.0 Å². The van der Waals surface area contributed by atoms with Gasteiger partial charge < -0.3 is 14.2 Å². The Labute approximate surface area is 246 Å². The summed E-state index contributed by atoms with van der Waals surface area (Å²) in [5.41, 5.74) is 1.75. The van der Waals surface area contributed by atoms with Crippen LogP contribution in [-0.4, -0.2) is 29.2 Å². The van der Waals surface area contributed by atoms with Crippen LogP contribution in [0.15, 0.2) is 60.9 Å². The highest BCUT2D eigenvalue weighted by Gasteiger charge is 2.12. The second-order valence-electron chi connectivity index (χ2n) is 10.6. The summed E-state index contributed by atoms with van der Waals surface area (Å²) in [6, 6.07) is 14.9. The summed E-state index contributed by atoms with van der Waals surface area (Å²) in [6.07, 6.45) is 20.7. The number of carbonyl (C=O) groups is 1. The summed E-state index contributed by atoms with van der Waals surface area (Å²) in [5.74, 6) is 1.51. The quantitative estimate of drug-likeness (QED) is 0.0734. The van der Waals surface area contributed by atoms with Gasteiger partial charge >= 0.3 is 5.97 Å². The molecular formula is C35H48N2O4. The van der Waals surface area contributed by atoms with E-state index in [9.17, 15) is 4.79 Å². The second-order valence-corrected chi connectivity index (χ2v) is 10.6. The average molecular weight is 561 g/mol. The predicted octanol–water partition coefficient (Wildman–Crippen LogP) is 9.62. The number of hydrogen-bond acceptors (Lipinski definition) is 6. The fourth-order valence-electron chi connectivity index (χ4n) is 4.57. The number of ether oxygens (including phenoxy) is 3. The first kappa shape index (κ1) is 32.1. The fourth-order valence-corrected chi connectivity index (χ4v) is 4.57. The van der Waals surface area contributed by atoms with Gasteiger partial charge in [0.15, 0.2) is 5.69 Å². The molecule has 0 unspecified atom stereocenters. The Morgan fingerprint density at radius 2 is 1.02 bits per heavy atom. The molecule has 1 aromatic heterocycles. The maximum atomic E-state index is 12.6. The molecule has 2 aromatic carbocycles. The van der Waals surface area contributed by atoms with E-state index in [2.05, 4.69) is 23.8 Å². The molecule has 0 atom stereocenters. The lowest BCUT2D eigenvalue weighted by Gasteiger charge is -2.08. The number of esters is 1. The summed E-state index contributed by atoms with van der Waals surface area (Å²) >= 11 is 0. The third-order valence-electron chi connectivity index (χ3n) is 7.08. The van der Waals surface area contributed by atoms with Crippen LogP contribution in [-0.2, 0) is 0 Å². The SMILES string of the molecule is CCCCCCCCCCOc1ccc(-c2cnc(C(=O)Oc3ccc(OCCCCCCCC)cc3)cn2)cc1. The fraction of sp³-hybridized carbons (Fsp3) is 0.514. The monoisotopic (exact) mass is 560 g/mol. The molecule has 6 heteroatoms. The van der Waals surface area contributed by atoms with Crippen molar-refractivity contribution in [2.45, 2.75) is 104 Å². The van der Waals surface area contributed by atoms with Gasteiger partial charge in [0.1, 0.15) is 17.2 Å². The Balaban J connectivity index is 1.36. The molecule has 0 radical (unpaired) electrons. The van der Waals surface area contributed by atoms with Gasteiger partial charge in [-0.2, -0.15) is 0 Å². The van der Waals surface area contributed by atoms with E-state index in [1.807, 2.05) is 36.4 Å². The van der Waals surface area contributed by atoms with Crippen molar-refractivity contribution in [3.8, 4) is 28.5 Å². The van der Waals surface area contributed by atoms with E-state index in [0.29, 0.717) is 18.1 Å². The Morgan fingerprint density at radius 1 is 0.561 bits per heavy atom. The van der Waals surface area contributed by atoms with Crippen LogP contribution in [0.1, 0.15) is 114 Å². The molecule has 0 N–H and O–H groups in total. The van der Waals surface area contributed by atoms with E-state index in [-0.39, 0.29) is 5.69 Å². The zero-order chi connectivity index (χ0) is 29.0. The van der Waals surface area contributed by atoms with Crippen molar-refractivity contribution in [1.29, 1.82) is 0 Å². The van der Waals surface area contributed by atoms with Crippen LogP contribution in [0.25, 0.3) is 11.3 Å². The first-order valence-electron chi connectivity index (χ1n) is 15.7. The molecule has 222 valence electrons. The molecule has 0 saturated carbocycles. The first-order chi connectivity index (χ1) is 20.2. The summed E-state index contributed by atoms with van der Waals surface area (Å²) in [7, 11) is 0. The predicted molar refractivity (Wildman–Crippen MR) is 166 cm³/mol. The van der Waals surface area contributed by atoms with E-state index < -0.39 is 5.97 Å². The van der Waals surface area contributed by atoms with Crippen molar-refractivity contribution in [3.63, 3.8) is 0 Å². The lowest BCUT2D eigenvalue weighted by atomic mass is 10.1. The minimum atomic E-state index is -0.547. The molecule has 41 heavy (non-hydrogen) atoms. The average Bonchev–Trinajstić information content (AvgIpc) is 3.01. The summed E-state index contributed by atoms with van der Waals surface area (Å²) in [4.78, 5) is 21.3. The molecule has 0 bridgehead atoms. The van der Waals surface area contributed by atoms with E-state index in [0.717, 1.165) is 36.5 Å². The molecule has 3 aromatic rings. The normalized spacial score (nSPS) is 10.9. The number of aromatic nitrogens is 2. The molecule has 0 spiro atoms. The van der Waals surface area contributed by atoms with Gasteiger partial charge in [-0.15, -0.1) is 0 Å². The van der Waals surface area contributed by atoms with Gasteiger partial charge in [-0.25, -0.2) is 9.78 Å². The van der Waals surface area contributed by atoms with E-state index in [1.54, 1.807) is 18.3 Å². The zero-order valence-electron chi connectivity index (χ0n) is 25.1. The van der Waals surface area contributed by atoms with E-state index in [4.69, 9.17) is 14.2 Å². The molecule has 0 aliphatic rings. The van der Waals surface area contributed by atoms with Gasteiger partial charge in [-0.3, -0.25) is 4.98 Å². The standard InChI is InChI=1S/C35H48N2O4/c1-3-5-7-9-11-12-14-16-25-39-30-19-17-29(18-20-30)33-27-37-34(28-36-33)35(38)41-32-23-21-31(22-24-32)40-26-15-13-10-8-6-4-2/h17-24,27-28H,3-16,25-26H2,1-2H3. The Kier molecular flexibility index (Phi) is 15.4. The Hall–Kier alpha value is -3.41. The topological polar surface area (TPSA) is 70.5 Å². The third-order valence-corrected chi connectivity index (χ3v) is 7.08. The molecule has 0 aliphatic heterocycles. The number of carbonyl (C=O) groups excluding carboxylic acids is 1. The molecule has 0 amide bonds. The minimum Gasteiger partial charge on any atom is -0.494 e. The second kappa shape index (κ2) is 19.6. The molecular weight excluding hydrogens is 512 g/mol. The molecule has 0 fully saturated rings. The van der Waals surface area contributed by atoms with Gasteiger partial charge in [0, 0.05) is 5.56 Å². The molecule has 0 saturated heterocycles. The van der Waals surface area contributed by atoms with Gasteiger partial charge in [-0.1, -0.05) is 90.9 Å². The Bertz CT molecular complexity index is 1100. The molecule has 3 rings (SSSR count). The lowest BCUT2D eigenvalue weighted by Crippen LogP contribution is -2.11. The third kappa shape index (κ3) is 12.8. The maximum Gasteiger partial charge on any atom is 0.363 e. The van der Waals surface area contributed by atoms with Crippen LogP contribution in [0.3, 0.4) is 0 Å². The van der Waals surface area contributed by atoms with Gasteiger partial charge in [0.2, 0.25) is 0 Å². The summed E-state index contributed by atoms with van der Waals surface area (Å²) in [5, 5.41) is 0. The van der Waals surface area contributed by atoms with E-state index >= 15 is 0 Å². The van der Waals surface area contributed by atoms with E-state index in [1.165, 1.54) is 83.2 Å². The van der Waals surface area contributed by atoms with Crippen LogP contribution in [0.5, 0.6) is 17.2 Å². The van der Waals surface area contributed by atoms with Crippen molar-refractivity contribution in [3.05, 3.63) is 66.6 Å². The van der Waals surface area contributed by atoms with Crippen LogP contribution < -0.4 is 14.2 Å². The largest absolute Gasteiger partial charge is 0.494 e. The zero-order valence-corrected chi connectivity index (χ0v) is 25.1.